The first kappa shape index (κ1) is 18.4. The number of rotatable bonds is 5. The van der Waals surface area contributed by atoms with Gasteiger partial charge in [0.25, 0.3) is 0 Å². The van der Waals surface area contributed by atoms with Crippen molar-refractivity contribution in [3.8, 4) is 0 Å². The van der Waals surface area contributed by atoms with E-state index in [-0.39, 0.29) is 27.9 Å². The molecule has 1 unspecified atom stereocenters. The molecular weight excluding hydrogens is 315 g/mol. The summed E-state index contributed by atoms with van der Waals surface area (Å²) in [6.07, 6.45) is 0. The summed E-state index contributed by atoms with van der Waals surface area (Å²) >= 11 is 5.84. The summed E-state index contributed by atoms with van der Waals surface area (Å²) in [5.41, 5.74) is 0.161. The van der Waals surface area contributed by atoms with Gasteiger partial charge in [-0.15, -0.1) is 0 Å². The molecule has 0 heterocycles. The van der Waals surface area contributed by atoms with Crippen molar-refractivity contribution in [3.63, 3.8) is 0 Å². The maximum Gasteiger partial charge on any atom is 0.240 e. The molecule has 120 valence electrons. The highest BCUT2D eigenvalue weighted by atomic mass is 35.5. The van der Waals surface area contributed by atoms with Gasteiger partial charge in [-0.1, -0.05) is 32.4 Å². The van der Waals surface area contributed by atoms with Crippen LogP contribution in [0.25, 0.3) is 0 Å². The minimum absolute atomic E-state index is 0.0628. The molecule has 0 amide bonds. The van der Waals surface area contributed by atoms with E-state index in [1.807, 2.05) is 20.8 Å². The average molecular weight is 337 g/mol. The lowest BCUT2D eigenvalue weighted by molar-refractivity contribution is 0.317. The molecule has 0 aliphatic rings. The summed E-state index contributed by atoms with van der Waals surface area (Å²) < 4.78 is 41.1. The van der Waals surface area contributed by atoms with Gasteiger partial charge in [-0.25, -0.2) is 17.5 Å². The third-order valence-corrected chi connectivity index (χ3v) is 5.33. The largest absolute Gasteiger partial charge is 0.316 e. The second kappa shape index (κ2) is 6.60. The van der Waals surface area contributed by atoms with Crippen LogP contribution in [0, 0.1) is 11.2 Å². The summed E-state index contributed by atoms with van der Waals surface area (Å²) in [4.78, 5) is -0.120. The van der Waals surface area contributed by atoms with Crippen LogP contribution in [-0.2, 0) is 16.6 Å². The van der Waals surface area contributed by atoms with Gasteiger partial charge >= 0.3 is 0 Å². The molecule has 0 bridgehead atoms. The van der Waals surface area contributed by atoms with Crippen molar-refractivity contribution in [3.05, 3.63) is 28.5 Å². The van der Waals surface area contributed by atoms with E-state index in [0.717, 1.165) is 6.07 Å². The van der Waals surface area contributed by atoms with Crippen LogP contribution in [0.5, 0.6) is 0 Å². The van der Waals surface area contributed by atoms with Crippen LogP contribution < -0.4 is 10.0 Å². The highest BCUT2D eigenvalue weighted by Gasteiger charge is 2.27. The molecule has 0 aliphatic heterocycles. The van der Waals surface area contributed by atoms with Gasteiger partial charge < -0.3 is 5.32 Å². The maximum atomic E-state index is 13.8. The predicted octanol–water partition coefficient (Wildman–Crippen LogP) is 2.91. The van der Waals surface area contributed by atoms with E-state index in [0.29, 0.717) is 5.56 Å². The Morgan fingerprint density at radius 1 is 1.33 bits per heavy atom. The van der Waals surface area contributed by atoms with E-state index in [9.17, 15) is 12.8 Å². The Morgan fingerprint density at radius 3 is 2.38 bits per heavy atom. The second-order valence-corrected chi connectivity index (χ2v) is 8.21. The van der Waals surface area contributed by atoms with Crippen LogP contribution in [0.4, 0.5) is 4.39 Å². The Labute approximate surface area is 131 Å². The van der Waals surface area contributed by atoms with Crippen molar-refractivity contribution in [2.75, 3.05) is 7.05 Å². The Morgan fingerprint density at radius 2 is 1.90 bits per heavy atom. The number of hydrogen-bond donors (Lipinski definition) is 2. The van der Waals surface area contributed by atoms with Crippen LogP contribution >= 0.6 is 11.6 Å². The van der Waals surface area contributed by atoms with Gasteiger partial charge in [-0.05, 0) is 37.1 Å². The zero-order valence-corrected chi connectivity index (χ0v) is 14.5. The molecule has 2 N–H and O–H groups in total. The lowest BCUT2D eigenvalue weighted by Crippen LogP contribution is -2.41. The molecule has 0 fully saturated rings. The molecule has 0 spiro atoms. The van der Waals surface area contributed by atoms with Crippen molar-refractivity contribution in [2.45, 2.75) is 45.2 Å². The number of sulfonamides is 1. The van der Waals surface area contributed by atoms with E-state index < -0.39 is 15.8 Å². The SMILES string of the molecule is CNCc1cc(S(=O)(=O)NC(C)C(C)(C)C)cc(F)c1Cl. The van der Waals surface area contributed by atoms with Crippen LogP contribution in [0.2, 0.25) is 5.02 Å². The summed E-state index contributed by atoms with van der Waals surface area (Å²) in [6.45, 7) is 7.84. The fraction of sp³-hybridized carbons (Fsp3) is 0.571. The first-order valence-corrected chi connectivity index (χ1v) is 8.50. The number of hydrogen-bond acceptors (Lipinski definition) is 3. The molecule has 7 heteroatoms. The van der Waals surface area contributed by atoms with E-state index in [4.69, 9.17) is 11.6 Å². The van der Waals surface area contributed by atoms with E-state index >= 15 is 0 Å². The molecule has 0 saturated carbocycles. The zero-order chi connectivity index (χ0) is 16.4. The van der Waals surface area contributed by atoms with Crippen molar-refractivity contribution in [1.29, 1.82) is 0 Å². The van der Waals surface area contributed by atoms with E-state index in [2.05, 4.69) is 10.0 Å². The molecule has 0 saturated heterocycles. The lowest BCUT2D eigenvalue weighted by Gasteiger charge is -2.27. The fourth-order valence-corrected chi connectivity index (χ4v) is 3.26. The van der Waals surface area contributed by atoms with Gasteiger partial charge in [-0.3, -0.25) is 0 Å². The quantitative estimate of drug-likeness (QED) is 0.869. The zero-order valence-electron chi connectivity index (χ0n) is 12.9. The minimum atomic E-state index is -3.80. The topological polar surface area (TPSA) is 58.2 Å². The molecule has 1 atom stereocenters. The maximum absolute atomic E-state index is 13.8. The van der Waals surface area contributed by atoms with Gasteiger partial charge in [0.1, 0.15) is 5.82 Å². The van der Waals surface area contributed by atoms with Crippen molar-refractivity contribution in [2.24, 2.45) is 5.41 Å². The molecule has 0 aromatic heterocycles. The van der Waals surface area contributed by atoms with Crippen molar-refractivity contribution >= 4 is 21.6 Å². The summed E-state index contributed by atoms with van der Waals surface area (Å²) in [7, 11) is -2.12. The van der Waals surface area contributed by atoms with Gasteiger partial charge in [0.05, 0.1) is 9.92 Å². The molecule has 0 radical (unpaired) electrons. The number of benzene rings is 1. The third kappa shape index (κ3) is 4.64. The minimum Gasteiger partial charge on any atom is -0.316 e. The molecular formula is C14H22ClFN2O2S. The van der Waals surface area contributed by atoms with Crippen molar-refractivity contribution in [1.82, 2.24) is 10.0 Å². The van der Waals surface area contributed by atoms with Gasteiger partial charge in [0.2, 0.25) is 10.0 Å². The van der Waals surface area contributed by atoms with Gasteiger partial charge in [0.15, 0.2) is 0 Å². The predicted molar refractivity (Wildman–Crippen MR) is 83.4 cm³/mol. The number of nitrogens with one attached hydrogen (secondary N) is 2. The molecule has 1 aromatic carbocycles. The van der Waals surface area contributed by atoms with Crippen LogP contribution in [0.3, 0.4) is 0 Å². The summed E-state index contributed by atoms with van der Waals surface area (Å²) in [6, 6.07) is 2.03. The highest BCUT2D eigenvalue weighted by molar-refractivity contribution is 7.89. The average Bonchev–Trinajstić information content (AvgIpc) is 2.33. The first-order chi connectivity index (χ1) is 9.49. The van der Waals surface area contributed by atoms with E-state index in [1.165, 1.54) is 6.07 Å². The normalized spacial score (nSPS) is 14.2. The summed E-state index contributed by atoms with van der Waals surface area (Å²) in [5.74, 6) is -0.742. The molecule has 21 heavy (non-hydrogen) atoms. The molecule has 1 aromatic rings. The fourth-order valence-electron chi connectivity index (χ4n) is 1.57. The monoisotopic (exact) mass is 336 g/mol. The Hall–Kier alpha value is -0.690. The molecule has 0 aliphatic carbocycles. The smallest absolute Gasteiger partial charge is 0.240 e. The van der Waals surface area contributed by atoms with Crippen molar-refractivity contribution < 1.29 is 12.8 Å². The first-order valence-electron chi connectivity index (χ1n) is 6.64. The molecule has 4 nitrogen and oxygen atoms in total. The van der Waals surface area contributed by atoms with Crippen LogP contribution in [0.15, 0.2) is 17.0 Å². The van der Waals surface area contributed by atoms with Crippen LogP contribution in [-0.4, -0.2) is 21.5 Å². The Kier molecular flexibility index (Phi) is 5.77. The standard InChI is InChI=1S/C14H22ClFN2O2S/c1-9(14(2,3)4)18-21(19,20)11-6-10(8-17-5)13(15)12(16)7-11/h6-7,9,17-18H,8H2,1-5H3. The Balaban J connectivity index is 3.20. The Bertz CT molecular complexity index is 612. The van der Waals surface area contributed by atoms with Crippen LogP contribution in [0.1, 0.15) is 33.3 Å². The molecule has 1 rings (SSSR count). The third-order valence-electron chi connectivity index (χ3n) is 3.39. The highest BCUT2D eigenvalue weighted by Crippen LogP contribution is 2.26. The van der Waals surface area contributed by atoms with Gasteiger partial charge in [-0.2, -0.15) is 0 Å². The number of halogens is 2. The van der Waals surface area contributed by atoms with Gasteiger partial charge in [0, 0.05) is 12.6 Å². The second-order valence-electron chi connectivity index (χ2n) is 6.12. The van der Waals surface area contributed by atoms with E-state index in [1.54, 1.807) is 14.0 Å². The summed E-state index contributed by atoms with van der Waals surface area (Å²) in [5, 5.41) is 2.77. The lowest BCUT2D eigenvalue weighted by atomic mass is 9.89.